The predicted molar refractivity (Wildman–Crippen MR) is 378 cm³/mol. The van der Waals surface area contributed by atoms with Crippen molar-refractivity contribution in [2.75, 3.05) is 53.9 Å². The zero-order chi connectivity index (χ0) is 63.6. The molecular formula is C74H96N14. The quantitative estimate of drug-likeness (QED) is 0.0455. The fourth-order valence-electron chi connectivity index (χ4n) is 7.13. The van der Waals surface area contributed by atoms with E-state index in [0.29, 0.717) is 5.92 Å². The zero-order valence-corrected chi connectivity index (χ0v) is 54.0. The Bertz CT molecular complexity index is 3070. The summed E-state index contributed by atoms with van der Waals surface area (Å²) in [7, 11) is 5.33. The van der Waals surface area contributed by atoms with Crippen molar-refractivity contribution in [3.63, 3.8) is 0 Å². The van der Waals surface area contributed by atoms with Crippen LogP contribution in [0, 0.1) is 5.92 Å². The maximum atomic E-state index is 4.49. The van der Waals surface area contributed by atoms with Crippen LogP contribution in [0.1, 0.15) is 145 Å². The lowest BCUT2D eigenvalue weighted by atomic mass is 10.00. The molecule has 0 saturated carbocycles. The van der Waals surface area contributed by atoms with Crippen molar-refractivity contribution in [1.82, 2.24) is 29.9 Å². The highest BCUT2D eigenvalue weighted by atomic mass is 14.8. The van der Waals surface area contributed by atoms with E-state index in [0.717, 1.165) is 102 Å². The van der Waals surface area contributed by atoms with Crippen LogP contribution in [0.5, 0.6) is 0 Å². The van der Waals surface area contributed by atoms with Gasteiger partial charge < -0.3 is 0 Å². The van der Waals surface area contributed by atoms with Gasteiger partial charge in [0.05, 0.1) is 51.3 Å². The Morgan fingerprint density at radius 2 is 0.761 bits per heavy atom. The van der Waals surface area contributed by atoms with Gasteiger partial charge in [0, 0.05) is 133 Å². The van der Waals surface area contributed by atoms with E-state index in [4.69, 9.17) is 0 Å². The topological polar surface area (TPSA) is 176 Å². The summed E-state index contributed by atoms with van der Waals surface area (Å²) >= 11 is 0. The molecule has 2 aromatic carbocycles. The van der Waals surface area contributed by atoms with Crippen LogP contribution in [0.2, 0.25) is 0 Å². The lowest BCUT2D eigenvalue weighted by Crippen LogP contribution is -2.17. The molecule has 14 nitrogen and oxygen atoms in total. The smallest absolute Gasteiger partial charge is 0.0901 e. The number of pyridine rings is 6. The van der Waals surface area contributed by atoms with Crippen LogP contribution >= 0.6 is 0 Å². The van der Waals surface area contributed by atoms with E-state index < -0.39 is 0 Å². The summed E-state index contributed by atoms with van der Waals surface area (Å²) in [5, 5.41) is 0. The first-order valence-corrected chi connectivity index (χ1v) is 30.7. The molecule has 8 aromatic rings. The highest BCUT2D eigenvalue weighted by Gasteiger charge is 2.12. The van der Waals surface area contributed by atoms with Crippen molar-refractivity contribution < 1.29 is 0 Å². The third kappa shape index (κ3) is 37.9. The van der Waals surface area contributed by atoms with E-state index in [9.17, 15) is 0 Å². The van der Waals surface area contributed by atoms with Crippen molar-refractivity contribution in [3.05, 3.63) is 252 Å². The van der Waals surface area contributed by atoms with Gasteiger partial charge >= 0.3 is 0 Å². The number of hydrogen-bond acceptors (Lipinski definition) is 14. The molecule has 0 N–H and O–H groups in total. The molecule has 0 spiro atoms. The number of unbranched alkanes of at least 4 members (excludes halogenated alkanes) is 4. The summed E-state index contributed by atoms with van der Waals surface area (Å²) < 4.78 is 0. The Kier molecular flexibility index (Phi) is 45.2. The van der Waals surface area contributed by atoms with Gasteiger partial charge in [-0.25, -0.2) is 0 Å². The van der Waals surface area contributed by atoms with Crippen molar-refractivity contribution in [2.45, 2.75) is 99.8 Å². The average molecular weight is 1180 g/mol. The summed E-state index contributed by atoms with van der Waals surface area (Å²) in [4.78, 5) is 58.7. The normalized spacial score (nSPS) is 11.6. The number of rotatable bonds is 23. The van der Waals surface area contributed by atoms with Crippen molar-refractivity contribution in [2.24, 2.45) is 45.9 Å². The van der Waals surface area contributed by atoms with Gasteiger partial charge in [-0.15, -0.1) is 0 Å². The molecule has 0 aliphatic heterocycles. The minimum Gasteiger partial charge on any atom is -0.294 e. The number of hydrogen-bond donors (Lipinski definition) is 0. The minimum atomic E-state index is 0.667. The Balaban J connectivity index is 0.000000354. The van der Waals surface area contributed by atoms with Gasteiger partial charge in [-0.1, -0.05) is 164 Å². The summed E-state index contributed by atoms with van der Waals surface area (Å²) in [5.41, 5.74) is 10.7. The minimum absolute atomic E-state index is 0.667. The lowest BCUT2D eigenvalue weighted by molar-refractivity contribution is 0.578. The Labute approximate surface area is 527 Å². The second-order valence-corrected chi connectivity index (χ2v) is 19.3. The molecule has 6 aromatic heterocycles. The van der Waals surface area contributed by atoms with Gasteiger partial charge in [-0.05, 0) is 112 Å². The van der Waals surface area contributed by atoms with Crippen molar-refractivity contribution in [3.8, 4) is 0 Å². The molecule has 462 valence electrons. The third-order valence-electron chi connectivity index (χ3n) is 12.0. The van der Waals surface area contributed by atoms with E-state index >= 15 is 0 Å². The summed E-state index contributed by atoms with van der Waals surface area (Å²) in [6.45, 7) is 19.4. The second-order valence-electron chi connectivity index (χ2n) is 19.3. The van der Waals surface area contributed by atoms with Gasteiger partial charge in [0.25, 0.3) is 0 Å². The molecule has 1 atom stereocenters. The van der Waals surface area contributed by atoms with Gasteiger partial charge in [0.2, 0.25) is 0 Å². The first-order chi connectivity index (χ1) is 43.3. The predicted octanol–water partition coefficient (Wildman–Crippen LogP) is 16.1. The standard InChI is InChI=1S/C16H16N2.C12H18N2.2C11H16N2.C9H12N2.C8H10N2.C7H8N2/c1-17-15(13-9-5-3-6-10-13)16(18-2)14-11-7-4-8-12-14;1-3-4-6-9-13-11(2)12-8-5-7-10-14-12;1-3-10(2)8-12-9-11-6-4-5-7-13-11;1-2-3-5-8-12-10-11-7-4-6-9-13-11;1-2-6-10-8-9-5-3-4-7-11-9;1-2-9-7-8-5-3-4-6-10-8;1-8-6-7-4-2-3-5-9-7/h3-12H,1-2H3;5,7-8,10H,3-4,6,9H2,1-2H3;4-7,9-10H,3,8H2,1-2H3;4,6-7,9-10H,2-3,5,8H2,1H3;3-5,7-8H,2,6H2,1H3;3-7H,2H2,1H3;2-6H,1H3. The fourth-order valence-corrected chi connectivity index (χ4v) is 7.13. The number of nitrogens with zero attached hydrogens (tertiary/aromatic N) is 14. The van der Waals surface area contributed by atoms with Crippen LogP contribution in [0.4, 0.5) is 0 Å². The SMILES string of the molecule is CCC(C)CN=Cc1ccccn1.CCCCCN=C(C)c1ccccn1.CCCCCN=Cc1ccccn1.CCCN=Cc1ccccn1.CCN=Cc1ccccn1.CN=C(C(=NC)c1ccccc1)c1ccccc1.CN=Cc1ccccn1. The molecule has 14 heteroatoms. The zero-order valence-electron chi connectivity index (χ0n) is 54.0. The van der Waals surface area contributed by atoms with Crippen LogP contribution in [0.15, 0.2) is 247 Å². The molecule has 0 radical (unpaired) electrons. The van der Waals surface area contributed by atoms with Crippen LogP contribution in [0.25, 0.3) is 0 Å². The summed E-state index contributed by atoms with van der Waals surface area (Å²) in [6.07, 6.45) is 29.3. The molecule has 0 fully saturated rings. The molecule has 0 bridgehead atoms. The molecule has 8 rings (SSSR count). The highest BCUT2D eigenvalue weighted by Crippen LogP contribution is 2.10. The molecule has 6 heterocycles. The van der Waals surface area contributed by atoms with Crippen LogP contribution in [-0.4, -0.2) is 132 Å². The Morgan fingerprint density at radius 3 is 1.11 bits per heavy atom. The highest BCUT2D eigenvalue weighted by molar-refractivity contribution is 6.53. The molecule has 0 aliphatic carbocycles. The van der Waals surface area contributed by atoms with E-state index in [-0.39, 0.29) is 0 Å². The molecule has 0 saturated heterocycles. The Hall–Kier alpha value is -9.30. The molecule has 0 aliphatic rings. The van der Waals surface area contributed by atoms with E-state index in [2.05, 4.69) is 129 Å². The molecule has 1 unspecified atom stereocenters. The number of benzene rings is 2. The molecule has 88 heavy (non-hydrogen) atoms. The van der Waals surface area contributed by atoms with Gasteiger partial charge in [0.1, 0.15) is 0 Å². The van der Waals surface area contributed by atoms with Crippen LogP contribution < -0.4 is 0 Å². The summed E-state index contributed by atoms with van der Waals surface area (Å²) in [6, 6.07) is 55.2. The number of aromatic nitrogens is 6. The van der Waals surface area contributed by atoms with Gasteiger partial charge in [0.15, 0.2) is 0 Å². The summed E-state index contributed by atoms with van der Waals surface area (Å²) in [5.74, 6) is 0.667. The lowest BCUT2D eigenvalue weighted by Gasteiger charge is -2.09. The van der Waals surface area contributed by atoms with Crippen LogP contribution in [-0.2, 0) is 0 Å². The average Bonchev–Trinajstić information content (AvgIpc) is 3.79. The van der Waals surface area contributed by atoms with Gasteiger partial charge in [-0.3, -0.25) is 69.8 Å². The van der Waals surface area contributed by atoms with Crippen molar-refractivity contribution >= 4 is 48.2 Å². The molecule has 0 amide bonds. The van der Waals surface area contributed by atoms with Gasteiger partial charge in [-0.2, -0.15) is 0 Å². The maximum Gasteiger partial charge on any atom is 0.0901 e. The van der Waals surface area contributed by atoms with E-state index in [1.807, 2.05) is 178 Å². The van der Waals surface area contributed by atoms with E-state index in [1.165, 1.54) is 44.9 Å². The van der Waals surface area contributed by atoms with Crippen molar-refractivity contribution in [1.29, 1.82) is 0 Å². The monoisotopic (exact) mass is 1180 g/mol. The Morgan fingerprint density at radius 1 is 0.386 bits per heavy atom. The largest absolute Gasteiger partial charge is 0.294 e. The third-order valence-corrected chi connectivity index (χ3v) is 12.0. The molecular weight excluding hydrogens is 1080 g/mol. The first kappa shape index (κ1) is 74.8. The maximum absolute atomic E-state index is 4.49. The fraction of sp³-hybridized carbons (Fsp3) is 0.324. The number of aliphatic imine (C=N–C) groups is 8. The second kappa shape index (κ2) is 53.2. The van der Waals surface area contributed by atoms with E-state index in [1.54, 1.807) is 70.8 Å². The van der Waals surface area contributed by atoms with Crippen LogP contribution in [0.3, 0.4) is 0 Å². The first-order valence-electron chi connectivity index (χ1n) is 30.7.